The molecule has 0 bridgehead atoms. The van der Waals surface area contributed by atoms with Gasteiger partial charge in [-0.1, -0.05) is 56.0 Å². The predicted octanol–water partition coefficient (Wildman–Crippen LogP) is 4.63. The second kappa shape index (κ2) is 4.35. The third kappa shape index (κ3) is 1.95. The molecule has 0 radical (unpaired) electrons. The zero-order chi connectivity index (χ0) is 9.97. The summed E-state index contributed by atoms with van der Waals surface area (Å²) in [5.41, 5.74) is 1.36. The number of hydrogen-bond acceptors (Lipinski definition) is 0. The molecular weight excluding hydrogens is 192 g/mol. The molecule has 1 saturated carbocycles. The van der Waals surface area contributed by atoms with E-state index < -0.39 is 0 Å². The molecular formula is C13H17Cl. The zero-order valence-electron chi connectivity index (χ0n) is 8.67. The van der Waals surface area contributed by atoms with Crippen LogP contribution in [0.2, 0.25) is 5.02 Å². The summed E-state index contributed by atoms with van der Waals surface area (Å²) < 4.78 is 0. The van der Waals surface area contributed by atoms with Crippen LogP contribution in [-0.2, 0) is 0 Å². The molecule has 1 heteroatoms. The summed E-state index contributed by atoms with van der Waals surface area (Å²) in [5.74, 6) is 1.49. The van der Waals surface area contributed by atoms with Gasteiger partial charge in [-0.05, 0) is 29.9 Å². The van der Waals surface area contributed by atoms with E-state index in [2.05, 4.69) is 19.1 Å². The Morgan fingerprint density at radius 2 is 1.86 bits per heavy atom. The first-order valence-corrected chi connectivity index (χ1v) is 5.91. The first-order chi connectivity index (χ1) is 6.79. The summed E-state index contributed by atoms with van der Waals surface area (Å²) in [6, 6.07) is 8.31. The van der Waals surface area contributed by atoms with Gasteiger partial charge in [-0.3, -0.25) is 0 Å². The summed E-state index contributed by atoms with van der Waals surface area (Å²) in [6.07, 6.45) is 5.42. The average Bonchev–Trinajstić information content (AvgIpc) is 2.20. The van der Waals surface area contributed by atoms with Gasteiger partial charge in [-0.15, -0.1) is 0 Å². The van der Waals surface area contributed by atoms with E-state index in [4.69, 9.17) is 11.6 Å². The van der Waals surface area contributed by atoms with Crippen molar-refractivity contribution in [2.45, 2.75) is 38.5 Å². The Hall–Kier alpha value is -0.490. The van der Waals surface area contributed by atoms with Crippen LogP contribution >= 0.6 is 11.6 Å². The third-order valence-corrected chi connectivity index (χ3v) is 3.76. The molecule has 1 aromatic carbocycles. The molecule has 1 aliphatic carbocycles. The average molecular weight is 209 g/mol. The van der Waals surface area contributed by atoms with Crippen molar-refractivity contribution in [3.8, 4) is 0 Å². The van der Waals surface area contributed by atoms with E-state index in [-0.39, 0.29) is 0 Å². The van der Waals surface area contributed by atoms with Gasteiger partial charge in [0.05, 0.1) is 0 Å². The molecule has 1 aliphatic rings. The minimum Gasteiger partial charge on any atom is -0.0840 e. The van der Waals surface area contributed by atoms with E-state index in [1.54, 1.807) is 0 Å². The fourth-order valence-corrected chi connectivity index (χ4v) is 2.83. The maximum absolute atomic E-state index is 6.22. The standard InChI is InChI=1S/C13H17Cl/c1-10-6-2-3-7-11(10)12-8-4-5-9-13(12)14/h4-5,8-11H,2-3,6-7H2,1H3. The SMILES string of the molecule is CC1CCCCC1c1ccccc1Cl. The molecule has 1 aromatic rings. The normalized spacial score (nSPS) is 27.6. The molecule has 0 N–H and O–H groups in total. The van der Waals surface area contributed by atoms with Gasteiger partial charge >= 0.3 is 0 Å². The summed E-state index contributed by atoms with van der Waals surface area (Å²) >= 11 is 6.22. The Morgan fingerprint density at radius 3 is 2.57 bits per heavy atom. The Balaban J connectivity index is 2.25. The van der Waals surface area contributed by atoms with Crippen LogP contribution in [-0.4, -0.2) is 0 Å². The van der Waals surface area contributed by atoms with E-state index in [0.29, 0.717) is 5.92 Å². The molecule has 2 atom stereocenters. The summed E-state index contributed by atoms with van der Waals surface area (Å²) in [4.78, 5) is 0. The van der Waals surface area contributed by atoms with Gasteiger partial charge in [0.2, 0.25) is 0 Å². The van der Waals surface area contributed by atoms with Crippen LogP contribution in [0.15, 0.2) is 24.3 Å². The van der Waals surface area contributed by atoms with E-state index in [0.717, 1.165) is 10.9 Å². The zero-order valence-corrected chi connectivity index (χ0v) is 9.43. The monoisotopic (exact) mass is 208 g/mol. The number of rotatable bonds is 1. The van der Waals surface area contributed by atoms with Gasteiger partial charge in [0.15, 0.2) is 0 Å². The predicted molar refractivity (Wildman–Crippen MR) is 61.8 cm³/mol. The van der Waals surface area contributed by atoms with E-state index in [1.807, 2.05) is 12.1 Å². The van der Waals surface area contributed by atoms with Crippen molar-refractivity contribution < 1.29 is 0 Å². The van der Waals surface area contributed by atoms with Gasteiger partial charge in [-0.25, -0.2) is 0 Å². The lowest BCUT2D eigenvalue weighted by atomic mass is 9.76. The van der Waals surface area contributed by atoms with Gasteiger partial charge in [0.1, 0.15) is 0 Å². The molecule has 0 spiro atoms. The minimum atomic E-state index is 0.692. The van der Waals surface area contributed by atoms with Crippen LogP contribution in [0, 0.1) is 5.92 Å². The van der Waals surface area contributed by atoms with E-state index in [9.17, 15) is 0 Å². The highest BCUT2D eigenvalue weighted by Gasteiger charge is 2.23. The lowest BCUT2D eigenvalue weighted by Crippen LogP contribution is -2.14. The number of benzene rings is 1. The third-order valence-electron chi connectivity index (χ3n) is 3.42. The Morgan fingerprint density at radius 1 is 1.14 bits per heavy atom. The maximum Gasteiger partial charge on any atom is 0.0440 e. The van der Waals surface area contributed by atoms with Crippen LogP contribution in [0.4, 0.5) is 0 Å². The summed E-state index contributed by atoms with van der Waals surface area (Å²) in [6.45, 7) is 2.35. The van der Waals surface area contributed by atoms with Gasteiger partial charge in [0, 0.05) is 5.02 Å². The van der Waals surface area contributed by atoms with Crippen LogP contribution in [0.25, 0.3) is 0 Å². The molecule has 0 nitrogen and oxygen atoms in total. The molecule has 0 aromatic heterocycles. The topological polar surface area (TPSA) is 0 Å². The lowest BCUT2D eigenvalue weighted by Gasteiger charge is -2.29. The smallest absolute Gasteiger partial charge is 0.0440 e. The Bertz CT molecular complexity index is 306. The van der Waals surface area contributed by atoms with Crippen molar-refractivity contribution in [3.05, 3.63) is 34.9 Å². The van der Waals surface area contributed by atoms with Gasteiger partial charge < -0.3 is 0 Å². The highest BCUT2D eigenvalue weighted by atomic mass is 35.5. The molecule has 76 valence electrons. The fraction of sp³-hybridized carbons (Fsp3) is 0.538. The number of hydrogen-bond donors (Lipinski definition) is 0. The van der Waals surface area contributed by atoms with Crippen LogP contribution in [0.3, 0.4) is 0 Å². The molecule has 0 amide bonds. The van der Waals surface area contributed by atoms with E-state index in [1.165, 1.54) is 31.2 Å². The molecule has 2 unspecified atom stereocenters. The van der Waals surface area contributed by atoms with Crippen molar-refractivity contribution in [2.75, 3.05) is 0 Å². The quantitative estimate of drug-likeness (QED) is 0.631. The van der Waals surface area contributed by atoms with Crippen LogP contribution in [0.5, 0.6) is 0 Å². The van der Waals surface area contributed by atoms with Crippen molar-refractivity contribution in [1.82, 2.24) is 0 Å². The number of halogens is 1. The second-order valence-corrected chi connectivity index (χ2v) is 4.80. The molecule has 0 saturated heterocycles. The summed E-state index contributed by atoms with van der Waals surface area (Å²) in [5, 5.41) is 0.950. The highest BCUT2D eigenvalue weighted by molar-refractivity contribution is 6.31. The van der Waals surface area contributed by atoms with Gasteiger partial charge in [0.25, 0.3) is 0 Å². The lowest BCUT2D eigenvalue weighted by molar-refractivity contribution is 0.331. The van der Waals surface area contributed by atoms with Crippen LogP contribution in [0.1, 0.15) is 44.1 Å². The molecule has 14 heavy (non-hydrogen) atoms. The largest absolute Gasteiger partial charge is 0.0840 e. The van der Waals surface area contributed by atoms with Crippen molar-refractivity contribution in [3.63, 3.8) is 0 Å². The fourth-order valence-electron chi connectivity index (χ4n) is 2.55. The maximum atomic E-state index is 6.22. The van der Waals surface area contributed by atoms with E-state index >= 15 is 0 Å². The highest BCUT2D eigenvalue weighted by Crippen LogP contribution is 2.39. The second-order valence-electron chi connectivity index (χ2n) is 4.39. The van der Waals surface area contributed by atoms with Crippen molar-refractivity contribution in [2.24, 2.45) is 5.92 Å². The first kappa shape index (κ1) is 10.0. The van der Waals surface area contributed by atoms with Gasteiger partial charge in [-0.2, -0.15) is 0 Å². The summed E-state index contributed by atoms with van der Waals surface area (Å²) in [7, 11) is 0. The first-order valence-electron chi connectivity index (χ1n) is 5.53. The van der Waals surface area contributed by atoms with Crippen molar-refractivity contribution >= 4 is 11.6 Å². The van der Waals surface area contributed by atoms with Crippen LogP contribution < -0.4 is 0 Å². The Labute approximate surface area is 91.3 Å². The van der Waals surface area contributed by atoms with Crippen molar-refractivity contribution in [1.29, 1.82) is 0 Å². The Kier molecular flexibility index (Phi) is 3.12. The molecule has 2 rings (SSSR count). The molecule has 0 aliphatic heterocycles. The minimum absolute atomic E-state index is 0.692. The molecule has 0 heterocycles. The molecule has 1 fully saturated rings.